The molecule has 0 radical (unpaired) electrons. The Labute approximate surface area is 126 Å². The Morgan fingerprint density at radius 3 is 2.21 bits per heavy atom. The van der Waals surface area contributed by atoms with Crippen LogP contribution in [0, 0.1) is 28.1 Å². The van der Waals surface area contributed by atoms with Gasteiger partial charge in [-0.2, -0.15) is 0 Å². The number of rotatable bonds is 1. The largest absolute Gasteiger partial charge is 0.299 e. The van der Waals surface area contributed by atoms with Gasteiger partial charge in [0.1, 0.15) is 10.1 Å². The van der Waals surface area contributed by atoms with E-state index in [1.807, 2.05) is 0 Å². The van der Waals surface area contributed by atoms with Gasteiger partial charge in [-0.1, -0.05) is 27.2 Å². The van der Waals surface area contributed by atoms with E-state index in [9.17, 15) is 4.79 Å². The third-order valence-corrected chi connectivity index (χ3v) is 8.09. The van der Waals surface area contributed by atoms with E-state index in [2.05, 4.69) is 20.8 Å². The molecule has 3 heteroatoms. The molecule has 0 amide bonds. The molecular weight excluding hydrogens is 279 g/mol. The van der Waals surface area contributed by atoms with E-state index in [0.717, 1.165) is 25.7 Å². The van der Waals surface area contributed by atoms with Crippen LogP contribution >= 0.6 is 23.2 Å². The van der Waals surface area contributed by atoms with Crippen molar-refractivity contribution in [1.29, 1.82) is 0 Å². The van der Waals surface area contributed by atoms with Crippen molar-refractivity contribution >= 4 is 29.0 Å². The smallest absolute Gasteiger partial charge is 0.136 e. The molecule has 0 N–H and O–H groups in total. The molecule has 3 rings (SSSR count). The lowest BCUT2D eigenvalue weighted by atomic mass is 9.48. The first-order chi connectivity index (χ1) is 8.60. The van der Waals surface area contributed by atoms with Crippen molar-refractivity contribution < 1.29 is 4.79 Å². The van der Waals surface area contributed by atoms with Crippen molar-refractivity contribution in [3.05, 3.63) is 0 Å². The lowest BCUT2D eigenvalue weighted by Gasteiger charge is -2.54. The van der Waals surface area contributed by atoms with Gasteiger partial charge in [-0.05, 0) is 43.9 Å². The van der Waals surface area contributed by atoms with Gasteiger partial charge in [0.15, 0.2) is 0 Å². The molecule has 108 valence electrons. The van der Waals surface area contributed by atoms with Crippen LogP contribution in [0.25, 0.3) is 0 Å². The van der Waals surface area contributed by atoms with E-state index in [0.29, 0.717) is 11.7 Å². The van der Waals surface area contributed by atoms with E-state index in [4.69, 9.17) is 23.2 Å². The zero-order chi connectivity index (χ0) is 14.3. The maximum Gasteiger partial charge on any atom is 0.136 e. The normalized spacial score (nSPS) is 50.0. The van der Waals surface area contributed by atoms with Gasteiger partial charge in [0.05, 0.1) is 0 Å². The fraction of sp³-hybridized carbons (Fsp3) is 0.938. The molecular formula is C16H24Cl2O. The first kappa shape index (κ1) is 14.2. The Hall–Kier alpha value is 0.250. The highest BCUT2D eigenvalue weighted by atomic mass is 35.5. The van der Waals surface area contributed by atoms with Crippen LogP contribution in [0.2, 0.25) is 0 Å². The van der Waals surface area contributed by atoms with Crippen LogP contribution < -0.4 is 0 Å². The summed E-state index contributed by atoms with van der Waals surface area (Å²) in [5.74, 6) is 1.000. The van der Waals surface area contributed by atoms with E-state index >= 15 is 0 Å². The molecule has 0 bridgehead atoms. The van der Waals surface area contributed by atoms with Gasteiger partial charge in [-0.25, -0.2) is 0 Å². The van der Waals surface area contributed by atoms with Crippen LogP contribution in [0.4, 0.5) is 0 Å². The molecule has 0 heterocycles. The molecule has 3 fully saturated rings. The predicted octanol–water partition coefficient (Wildman–Crippen LogP) is 4.99. The zero-order valence-electron chi connectivity index (χ0n) is 12.4. The lowest BCUT2D eigenvalue weighted by molar-refractivity contribution is -0.145. The number of carbonyl (C=O) groups excluding carboxylic acids is 1. The van der Waals surface area contributed by atoms with Crippen molar-refractivity contribution in [3.63, 3.8) is 0 Å². The fourth-order valence-electron chi connectivity index (χ4n) is 5.54. The molecule has 3 aliphatic rings. The minimum atomic E-state index is -0.622. The molecule has 0 spiro atoms. The molecule has 0 aromatic carbocycles. The summed E-state index contributed by atoms with van der Waals surface area (Å²) in [6.07, 6.45) is 5.35. The second-order valence-corrected chi connectivity index (χ2v) is 9.44. The quantitative estimate of drug-likeness (QED) is 0.624. The summed E-state index contributed by atoms with van der Waals surface area (Å²) in [5, 5.41) is 0. The summed E-state index contributed by atoms with van der Waals surface area (Å²) >= 11 is 13.2. The number of halogens is 2. The van der Waals surface area contributed by atoms with Crippen LogP contribution in [-0.2, 0) is 4.79 Å². The third-order valence-electron chi connectivity index (χ3n) is 6.76. The van der Waals surface area contributed by atoms with E-state index in [1.54, 1.807) is 6.92 Å². The first-order valence-electron chi connectivity index (χ1n) is 7.48. The van der Waals surface area contributed by atoms with Gasteiger partial charge in [0, 0.05) is 16.7 Å². The SMILES string of the molecule is CC(=O)[C@]12CCCC(C)(C)[C@H]1[C@@H]1C(Cl)(Cl)[C@]1(C)CC2. The summed E-state index contributed by atoms with van der Waals surface area (Å²) in [5.41, 5.74) is 0.0353. The third kappa shape index (κ3) is 1.52. The molecule has 0 aliphatic heterocycles. The average molecular weight is 303 g/mol. The summed E-state index contributed by atoms with van der Waals surface area (Å²) < 4.78 is -0.622. The van der Waals surface area contributed by atoms with Gasteiger partial charge in [0.2, 0.25) is 0 Å². The molecule has 19 heavy (non-hydrogen) atoms. The van der Waals surface area contributed by atoms with Crippen molar-refractivity contribution in [2.75, 3.05) is 0 Å². The molecule has 0 unspecified atom stereocenters. The monoisotopic (exact) mass is 302 g/mol. The number of hydrogen-bond acceptors (Lipinski definition) is 1. The molecule has 0 aromatic rings. The summed E-state index contributed by atoms with van der Waals surface area (Å²) in [6, 6.07) is 0. The highest BCUT2D eigenvalue weighted by molar-refractivity contribution is 6.52. The summed E-state index contributed by atoms with van der Waals surface area (Å²) in [6.45, 7) is 8.61. The molecule has 0 saturated heterocycles. The van der Waals surface area contributed by atoms with Crippen LogP contribution in [-0.4, -0.2) is 10.1 Å². The van der Waals surface area contributed by atoms with Gasteiger partial charge in [-0.15, -0.1) is 23.2 Å². The number of fused-ring (bicyclic) bond motifs is 3. The Kier molecular flexibility index (Phi) is 2.77. The molecule has 3 aliphatic carbocycles. The average Bonchev–Trinajstić information content (AvgIpc) is 2.72. The highest BCUT2D eigenvalue weighted by Gasteiger charge is 2.81. The Morgan fingerprint density at radius 2 is 1.63 bits per heavy atom. The minimum absolute atomic E-state index is 0.0222. The van der Waals surface area contributed by atoms with Crippen LogP contribution in [0.5, 0.6) is 0 Å². The number of ketones is 1. The van der Waals surface area contributed by atoms with Crippen molar-refractivity contribution in [2.45, 2.75) is 64.1 Å². The number of alkyl halides is 2. The highest BCUT2D eigenvalue weighted by Crippen LogP contribution is 2.82. The molecule has 3 saturated carbocycles. The fourth-order valence-corrected chi connectivity index (χ4v) is 6.59. The predicted molar refractivity (Wildman–Crippen MR) is 79.5 cm³/mol. The van der Waals surface area contributed by atoms with E-state index in [1.165, 1.54) is 6.42 Å². The number of hydrogen-bond donors (Lipinski definition) is 0. The van der Waals surface area contributed by atoms with Gasteiger partial charge in [0.25, 0.3) is 0 Å². The number of carbonyl (C=O) groups is 1. The maximum absolute atomic E-state index is 12.4. The second kappa shape index (κ2) is 3.71. The summed E-state index contributed by atoms with van der Waals surface area (Å²) in [4.78, 5) is 12.4. The van der Waals surface area contributed by atoms with Crippen LogP contribution in [0.1, 0.15) is 59.8 Å². The molecule has 0 aromatic heterocycles. The first-order valence-corrected chi connectivity index (χ1v) is 8.24. The van der Waals surface area contributed by atoms with Crippen LogP contribution in [0.3, 0.4) is 0 Å². The summed E-state index contributed by atoms with van der Waals surface area (Å²) in [7, 11) is 0. The Balaban J connectivity index is 2.10. The Bertz CT molecular complexity index is 442. The lowest BCUT2D eigenvalue weighted by Crippen LogP contribution is -2.52. The second-order valence-electron chi connectivity index (χ2n) is 8.05. The standard InChI is InChI=1S/C16H24Cl2O/c1-10(19)15-7-5-6-13(2,3)11(15)12-14(4,8-9-15)16(12,17)18/h11-12H,5-9H2,1-4H3/t11-,12+,14-,15-/m1/s1. The van der Waals surface area contributed by atoms with Crippen molar-refractivity contribution in [2.24, 2.45) is 28.1 Å². The Morgan fingerprint density at radius 1 is 1.00 bits per heavy atom. The maximum atomic E-state index is 12.4. The van der Waals surface area contributed by atoms with Gasteiger partial charge >= 0.3 is 0 Å². The van der Waals surface area contributed by atoms with E-state index < -0.39 is 4.33 Å². The molecule has 4 atom stereocenters. The minimum Gasteiger partial charge on any atom is -0.299 e. The van der Waals surface area contributed by atoms with E-state index in [-0.39, 0.29) is 22.2 Å². The van der Waals surface area contributed by atoms with Gasteiger partial charge in [-0.3, -0.25) is 4.79 Å². The zero-order valence-corrected chi connectivity index (χ0v) is 13.9. The van der Waals surface area contributed by atoms with Crippen molar-refractivity contribution in [1.82, 2.24) is 0 Å². The topological polar surface area (TPSA) is 17.1 Å². The molecule has 1 nitrogen and oxygen atoms in total. The van der Waals surface area contributed by atoms with Crippen LogP contribution in [0.15, 0.2) is 0 Å². The van der Waals surface area contributed by atoms with Gasteiger partial charge < -0.3 is 0 Å². The number of Topliss-reactive ketones (excluding diaryl/α,β-unsaturated/α-hetero) is 1. The van der Waals surface area contributed by atoms with Crippen molar-refractivity contribution in [3.8, 4) is 0 Å².